The lowest BCUT2D eigenvalue weighted by atomic mass is 9.90. The van der Waals surface area contributed by atoms with Gasteiger partial charge in [-0.15, -0.1) is 0 Å². The van der Waals surface area contributed by atoms with Crippen LogP contribution in [0.2, 0.25) is 0 Å². The standard InChI is InChI=1S/C22H33N3O5S/c1-2-30-20-7-3-17(4-8-20)18-9-13-25(14-10-18)31(28,29)22(21(26)23-27)11-15-24(16-12-22)19-5-6-19/h3-4,7-8,18-19,27H,2,5-6,9-16H2,1H3,(H,23,26). The smallest absolute Gasteiger partial charge is 0.266 e. The number of likely N-dealkylation sites (tertiary alicyclic amines) is 1. The van der Waals surface area contributed by atoms with Crippen molar-refractivity contribution in [3.05, 3.63) is 29.8 Å². The first-order valence-electron chi connectivity index (χ1n) is 11.3. The highest BCUT2D eigenvalue weighted by atomic mass is 32.2. The second kappa shape index (κ2) is 9.05. The van der Waals surface area contributed by atoms with Gasteiger partial charge in [-0.1, -0.05) is 12.1 Å². The first kappa shape index (κ1) is 22.5. The number of hydroxylamine groups is 1. The van der Waals surface area contributed by atoms with E-state index in [4.69, 9.17) is 4.74 Å². The monoisotopic (exact) mass is 451 g/mol. The van der Waals surface area contributed by atoms with Crippen LogP contribution in [0.5, 0.6) is 5.75 Å². The highest BCUT2D eigenvalue weighted by Gasteiger charge is 2.55. The summed E-state index contributed by atoms with van der Waals surface area (Å²) in [5.74, 6) is 0.318. The van der Waals surface area contributed by atoms with E-state index in [1.54, 1.807) is 5.48 Å². The minimum absolute atomic E-state index is 0.219. The van der Waals surface area contributed by atoms with E-state index in [9.17, 15) is 18.4 Å². The SMILES string of the molecule is CCOc1ccc(C2CCN(S(=O)(=O)C3(C(=O)NO)CCN(C4CC4)CC3)CC2)cc1. The van der Waals surface area contributed by atoms with Crippen molar-refractivity contribution >= 4 is 15.9 Å². The molecule has 2 N–H and O–H groups in total. The summed E-state index contributed by atoms with van der Waals surface area (Å²) in [6, 6.07) is 8.54. The van der Waals surface area contributed by atoms with Gasteiger partial charge in [-0.25, -0.2) is 18.2 Å². The molecule has 3 fully saturated rings. The zero-order valence-corrected chi connectivity index (χ0v) is 18.9. The lowest BCUT2D eigenvalue weighted by Gasteiger charge is -2.43. The number of amides is 1. The molecule has 0 aromatic heterocycles. The van der Waals surface area contributed by atoms with Gasteiger partial charge >= 0.3 is 0 Å². The molecule has 0 unspecified atom stereocenters. The topological polar surface area (TPSA) is 99.2 Å². The minimum atomic E-state index is -3.89. The van der Waals surface area contributed by atoms with E-state index in [1.165, 1.54) is 9.87 Å². The number of hydrogen-bond acceptors (Lipinski definition) is 6. The molecule has 1 aliphatic carbocycles. The van der Waals surface area contributed by atoms with Gasteiger partial charge in [-0.05, 0) is 69.1 Å². The van der Waals surface area contributed by atoms with Gasteiger partial charge in [0.1, 0.15) is 5.75 Å². The predicted octanol–water partition coefficient (Wildman–Crippen LogP) is 2.10. The van der Waals surface area contributed by atoms with Gasteiger partial charge in [-0.3, -0.25) is 10.0 Å². The third-order valence-electron chi connectivity index (χ3n) is 7.13. The molecule has 2 aliphatic heterocycles. The Bertz CT molecular complexity index is 869. The fourth-order valence-electron chi connectivity index (χ4n) is 5.07. The number of nitrogens with zero attached hydrogens (tertiary/aromatic N) is 2. The Morgan fingerprint density at radius 2 is 1.71 bits per heavy atom. The summed E-state index contributed by atoms with van der Waals surface area (Å²) >= 11 is 0. The molecule has 1 saturated carbocycles. The molecular weight excluding hydrogens is 418 g/mol. The largest absolute Gasteiger partial charge is 0.494 e. The number of carbonyl (C=O) groups is 1. The molecule has 2 heterocycles. The summed E-state index contributed by atoms with van der Waals surface area (Å²) in [4.78, 5) is 14.9. The lowest BCUT2D eigenvalue weighted by Crippen LogP contribution is -2.62. The molecule has 1 amide bonds. The molecule has 9 heteroatoms. The number of rotatable bonds is 7. The first-order valence-corrected chi connectivity index (χ1v) is 12.8. The second-order valence-electron chi connectivity index (χ2n) is 8.88. The van der Waals surface area contributed by atoms with Gasteiger partial charge in [0.2, 0.25) is 10.0 Å². The zero-order valence-electron chi connectivity index (χ0n) is 18.1. The van der Waals surface area contributed by atoms with Crippen molar-refractivity contribution in [1.29, 1.82) is 0 Å². The van der Waals surface area contributed by atoms with Crippen molar-refractivity contribution in [2.45, 2.75) is 62.2 Å². The van der Waals surface area contributed by atoms with Gasteiger partial charge in [0.05, 0.1) is 6.61 Å². The van der Waals surface area contributed by atoms with Crippen molar-refractivity contribution in [2.24, 2.45) is 0 Å². The number of piperidine rings is 2. The van der Waals surface area contributed by atoms with Crippen molar-refractivity contribution < 1.29 is 23.2 Å². The average Bonchev–Trinajstić information content (AvgIpc) is 3.65. The molecule has 172 valence electrons. The fourth-order valence-corrected chi connectivity index (χ4v) is 7.24. The predicted molar refractivity (Wildman–Crippen MR) is 117 cm³/mol. The van der Waals surface area contributed by atoms with Gasteiger partial charge in [0.15, 0.2) is 4.75 Å². The summed E-state index contributed by atoms with van der Waals surface area (Å²) in [5.41, 5.74) is 2.84. The Balaban J connectivity index is 1.44. The molecule has 0 bridgehead atoms. The van der Waals surface area contributed by atoms with E-state index in [0.29, 0.717) is 51.7 Å². The average molecular weight is 452 g/mol. The normalized spacial score (nSPS) is 23.4. The number of hydrogen-bond donors (Lipinski definition) is 2. The number of carbonyl (C=O) groups excluding carboxylic acids is 1. The Hall–Kier alpha value is -1.68. The minimum Gasteiger partial charge on any atom is -0.494 e. The second-order valence-corrected chi connectivity index (χ2v) is 11.1. The third kappa shape index (κ3) is 4.33. The van der Waals surface area contributed by atoms with E-state index in [0.717, 1.165) is 18.6 Å². The number of sulfonamides is 1. The molecule has 2 saturated heterocycles. The Morgan fingerprint density at radius 1 is 1.10 bits per heavy atom. The van der Waals surface area contributed by atoms with Crippen LogP contribution >= 0.6 is 0 Å². The van der Waals surface area contributed by atoms with E-state index in [2.05, 4.69) is 4.90 Å². The van der Waals surface area contributed by atoms with Crippen LogP contribution in [0.25, 0.3) is 0 Å². The Kier molecular flexibility index (Phi) is 6.57. The maximum atomic E-state index is 13.6. The summed E-state index contributed by atoms with van der Waals surface area (Å²) < 4.78 is 32.7. The molecular formula is C22H33N3O5S. The molecule has 4 rings (SSSR count). The molecule has 1 aromatic rings. The molecule has 0 spiro atoms. The van der Waals surface area contributed by atoms with Crippen molar-refractivity contribution in [3.63, 3.8) is 0 Å². The quantitative estimate of drug-likeness (QED) is 0.487. The van der Waals surface area contributed by atoms with Crippen LogP contribution in [0.3, 0.4) is 0 Å². The van der Waals surface area contributed by atoms with Crippen LogP contribution in [0.1, 0.15) is 56.9 Å². The summed E-state index contributed by atoms with van der Waals surface area (Å²) in [6.07, 6.45) is 4.14. The van der Waals surface area contributed by atoms with Crippen LogP contribution in [0.15, 0.2) is 24.3 Å². The highest BCUT2D eigenvalue weighted by molar-refractivity contribution is 7.91. The maximum absolute atomic E-state index is 13.6. The summed E-state index contributed by atoms with van der Waals surface area (Å²) in [5, 5.41) is 9.35. The van der Waals surface area contributed by atoms with Crippen LogP contribution in [-0.4, -0.2) is 72.3 Å². The molecule has 8 nitrogen and oxygen atoms in total. The zero-order chi connectivity index (χ0) is 22.1. The van der Waals surface area contributed by atoms with Gasteiger partial charge in [-0.2, -0.15) is 0 Å². The van der Waals surface area contributed by atoms with Crippen molar-refractivity contribution in [2.75, 3.05) is 32.8 Å². The Labute approximate surface area is 184 Å². The maximum Gasteiger partial charge on any atom is 0.266 e. The molecule has 1 aromatic carbocycles. The van der Waals surface area contributed by atoms with Crippen LogP contribution in [-0.2, 0) is 14.8 Å². The van der Waals surface area contributed by atoms with Gasteiger partial charge in [0, 0.05) is 32.2 Å². The Morgan fingerprint density at radius 3 is 2.23 bits per heavy atom. The number of ether oxygens (including phenoxy) is 1. The third-order valence-corrected chi connectivity index (χ3v) is 9.76. The molecule has 3 aliphatic rings. The van der Waals surface area contributed by atoms with E-state index >= 15 is 0 Å². The van der Waals surface area contributed by atoms with E-state index < -0.39 is 20.7 Å². The van der Waals surface area contributed by atoms with E-state index in [-0.39, 0.29) is 18.8 Å². The molecule has 0 atom stereocenters. The first-order chi connectivity index (χ1) is 14.9. The molecule has 31 heavy (non-hydrogen) atoms. The fraction of sp³-hybridized carbons (Fsp3) is 0.682. The highest BCUT2D eigenvalue weighted by Crippen LogP contribution is 2.40. The van der Waals surface area contributed by atoms with Crippen LogP contribution in [0, 0.1) is 0 Å². The number of nitrogens with one attached hydrogen (secondary N) is 1. The summed E-state index contributed by atoms with van der Waals surface area (Å²) in [6.45, 7) is 4.47. The van der Waals surface area contributed by atoms with Crippen LogP contribution in [0.4, 0.5) is 0 Å². The molecule has 0 radical (unpaired) electrons. The van der Waals surface area contributed by atoms with Crippen LogP contribution < -0.4 is 10.2 Å². The van der Waals surface area contributed by atoms with E-state index in [1.807, 2.05) is 31.2 Å². The van der Waals surface area contributed by atoms with Gasteiger partial charge < -0.3 is 9.64 Å². The summed E-state index contributed by atoms with van der Waals surface area (Å²) in [7, 11) is -3.89. The van der Waals surface area contributed by atoms with Gasteiger partial charge in [0.25, 0.3) is 5.91 Å². The lowest BCUT2D eigenvalue weighted by molar-refractivity contribution is -0.133. The van der Waals surface area contributed by atoms with Crippen molar-refractivity contribution in [3.8, 4) is 5.75 Å². The number of benzene rings is 1. The van der Waals surface area contributed by atoms with Crippen molar-refractivity contribution in [1.82, 2.24) is 14.7 Å².